The molecule has 0 radical (unpaired) electrons. The van der Waals surface area contributed by atoms with Crippen molar-refractivity contribution in [3.05, 3.63) is 12.2 Å². The van der Waals surface area contributed by atoms with Crippen molar-refractivity contribution >= 4 is 0 Å². The monoisotopic (exact) mass is 210 g/mol. The highest BCUT2D eigenvalue weighted by Gasteiger charge is 2.28. The van der Waals surface area contributed by atoms with Gasteiger partial charge in [-0.05, 0) is 18.3 Å². The fourth-order valence-corrected chi connectivity index (χ4v) is 1.96. The van der Waals surface area contributed by atoms with Gasteiger partial charge in [0.2, 0.25) is 0 Å². The van der Waals surface area contributed by atoms with Crippen molar-refractivity contribution in [1.29, 1.82) is 0 Å². The molecule has 1 aromatic heterocycles. The summed E-state index contributed by atoms with van der Waals surface area (Å²) in [4.78, 5) is 4.13. The first-order valence-corrected chi connectivity index (χ1v) is 5.38. The molecule has 0 saturated carbocycles. The first-order valence-electron chi connectivity index (χ1n) is 5.38. The minimum absolute atomic E-state index is 0.274. The van der Waals surface area contributed by atoms with E-state index in [2.05, 4.69) is 17.0 Å². The third-order valence-corrected chi connectivity index (χ3v) is 3.11. The van der Waals surface area contributed by atoms with E-state index in [0.717, 1.165) is 38.4 Å². The number of nitrogens with two attached hydrogens (primary N) is 1. The molecular formula is C10H18N4O. The van der Waals surface area contributed by atoms with Gasteiger partial charge in [0.05, 0.1) is 6.54 Å². The lowest BCUT2D eigenvalue weighted by Gasteiger charge is -2.33. The zero-order valence-corrected chi connectivity index (χ0v) is 9.15. The van der Waals surface area contributed by atoms with Crippen LogP contribution in [-0.2, 0) is 17.8 Å². The van der Waals surface area contributed by atoms with Gasteiger partial charge in [-0.3, -0.25) is 0 Å². The Balaban J connectivity index is 2.06. The smallest absolute Gasteiger partial charge is 0.140 e. The number of hydrogen-bond acceptors (Lipinski definition) is 4. The molecule has 15 heavy (non-hydrogen) atoms. The Morgan fingerprint density at radius 3 is 2.93 bits per heavy atom. The summed E-state index contributed by atoms with van der Waals surface area (Å²) in [7, 11) is 0. The second-order valence-electron chi connectivity index (χ2n) is 4.46. The van der Waals surface area contributed by atoms with Gasteiger partial charge in [-0.1, -0.05) is 6.92 Å². The second-order valence-corrected chi connectivity index (χ2v) is 4.46. The summed E-state index contributed by atoms with van der Waals surface area (Å²) >= 11 is 0. The van der Waals surface area contributed by atoms with Crippen molar-refractivity contribution in [3.8, 4) is 0 Å². The van der Waals surface area contributed by atoms with Gasteiger partial charge in [0.15, 0.2) is 0 Å². The second kappa shape index (κ2) is 4.28. The van der Waals surface area contributed by atoms with E-state index >= 15 is 0 Å². The lowest BCUT2D eigenvalue weighted by Crippen LogP contribution is -2.32. The van der Waals surface area contributed by atoms with Crippen LogP contribution in [-0.4, -0.2) is 28.0 Å². The van der Waals surface area contributed by atoms with E-state index in [4.69, 9.17) is 10.5 Å². The van der Waals surface area contributed by atoms with Gasteiger partial charge >= 0.3 is 0 Å². The maximum absolute atomic E-state index is 5.60. The Morgan fingerprint density at radius 2 is 2.27 bits per heavy atom. The topological polar surface area (TPSA) is 66.0 Å². The molecule has 1 saturated heterocycles. The molecule has 1 aliphatic rings. The summed E-state index contributed by atoms with van der Waals surface area (Å²) in [5.41, 5.74) is 5.87. The van der Waals surface area contributed by atoms with Crippen molar-refractivity contribution in [2.75, 3.05) is 13.2 Å². The molecule has 84 valence electrons. The number of aromatic nitrogens is 3. The van der Waals surface area contributed by atoms with Crippen molar-refractivity contribution in [2.45, 2.75) is 32.9 Å². The Hall–Kier alpha value is -0.940. The van der Waals surface area contributed by atoms with Gasteiger partial charge < -0.3 is 10.5 Å². The first kappa shape index (κ1) is 10.6. The fraction of sp³-hybridized carbons (Fsp3) is 0.800. The molecule has 0 atom stereocenters. The number of nitrogens with zero attached hydrogens (tertiary/aromatic N) is 3. The Kier molecular flexibility index (Phi) is 3.02. The summed E-state index contributed by atoms with van der Waals surface area (Å²) in [6.07, 6.45) is 3.73. The summed E-state index contributed by atoms with van der Waals surface area (Å²) < 4.78 is 7.29. The van der Waals surface area contributed by atoms with Gasteiger partial charge in [-0.2, -0.15) is 5.10 Å². The molecule has 0 unspecified atom stereocenters. The molecule has 1 fully saturated rings. The van der Waals surface area contributed by atoms with Gasteiger partial charge in [-0.15, -0.1) is 0 Å². The van der Waals surface area contributed by atoms with Crippen LogP contribution in [0.25, 0.3) is 0 Å². The lowest BCUT2D eigenvalue weighted by molar-refractivity contribution is 0.0134. The molecule has 0 aliphatic carbocycles. The molecule has 2 heterocycles. The summed E-state index contributed by atoms with van der Waals surface area (Å²) in [5, 5.41) is 4.21. The van der Waals surface area contributed by atoms with Crippen LogP contribution in [0.15, 0.2) is 6.33 Å². The molecule has 5 heteroatoms. The van der Waals surface area contributed by atoms with E-state index in [1.54, 1.807) is 6.33 Å². The van der Waals surface area contributed by atoms with Crippen LogP contribution in [0.3, 0.4) is 0 Å². The molecule has 2 rings (SSSR count). The SMILES string of the molecule is CC1(Cn2ncnc2CN)CCOCC1. The highest BCUT2D eigenvalue weighted by atomic mass is 16.5. The largest absolute Gasteiger partial charge is 0.381 e. The standard InChI is InChI=1S/C10H18N4O/c1-10(2-4-15-5-3-10)7-14-9(6-11)12-8-13-14/h8H,2-7,11H2,1H3. The highest BCUT2D eigenvalue weighted by Crippen LogP contribution is 2.31. The predicted octanol–water partition coefficient (Wildman–Crippen LogP) is 0.553. The van der Waals surface area contributed by atoms with Crippen LogP contribution >= 0.6 is 0 Å². The summed E-state index contributed by atoms with van der Waals surface area (Å²) in [6.45, 7) is 5.32. The Labute approximate surface area is 89.6 Å². The van der Waals surface area contributed by atoms with Crippen molar-refractivity contribution in [3.63, 3.8) is 0 Å². The van der Waals surface area contributed by atoms with Crippen LogP contribution in [0.2, 0.25) is 0 Å². The van der Waals surface area contributed by atoms with Gasteiger partial charge in [0.25, 0.3) is 0 Å². The van der Waals surface area contributed by atoms with Crippen LogP contribution < -0.4 is 5.73 Å². The lowest BCUT2D eigenvalue weighted by atomic mass is 9.82. The number of hydrogen-bond donors (Lipinski definition) is 1. The molecule has 0 bridgehead atoms. The molecule has 5 nitrogen and oxygen atoms in total. The van der Waals surface area contributed by atoms with Gasteiger partial charge in [0.1, 0.15) is 12.2 Å². The Morgan fingerprint density at radius 1 is 1.53 bits per heavy atom. The van der Waals surface area contributed by atoms with Gasteiger partial charge in [0, 0.05) is 19.8 Å². The highest BCUT2D eigenvalue weighted by molar-refractivity contribution is 4.86. The predicted molar refractivity (Wildman–Crippen MR) is 56.1 cm³/mol. The molecular weight excluding hydrogens is 192 g/mol. The van der Waals surface area contributed by atoms with E-state index in [9.17, 15) is 0 Å². The van der Waals surface area contributed by atoms with Crippen LogP contribution in [0.1, 0.15) is 25.6 Å². The Bertz CT molecular complexity index is 317. The zero-order valence-electron chi connectivity index (χ0n) is 9.15. The maximum atomic E-state index is 5.60. The van der Waals surface area contributed by atoms with E-state index in [-0.39, 0.29) is 5.41 Å². The zero-order chi connectivity index (χ0) is 10.7. The summed E-state index contributed by atoms with van der Waals surface area (Å²) in [6, 6.07) is 0. The van der Waals surface area contributed by atoms with Crippen LogP contribution in [0.4, 0.5) is 0 Å². The normalized spacial score (nSPS) is 20.4. The first-order chi connectivity index (χ1) is 7.23. The minimum atomic E-state index is 0.274. The van der Waals surface area contributed by atoms with Crippen molar-refractivity contribution < 1.29 is 4.74 Å². The third kappa shape index (κ3) is 2.35. The van der Waals surface area contributed by atoms with E-state index in [1.165, 1.54) is 0 Å². The quantitative estimate of drug-likeness (QED) is 0.791. The fourth-order valence-electron chi connectivity index (χ4n) is 1.96. The van der Waals surface area contributed by atoms with Crippen molar-refractivity contribution in [1.82, 2.24) is 14.8 Å². The minimum Gasteiger partial charge on any atom is -0.381 e. The maximum Gasteiger partial charge on any atom is 0.140 e. The molecule has 0 spiro atoms. The van der Waals surface area contributed by atoms with E-state index in [1.807, 2.05) is 4.68 Å². The molecule has 0 aromatic carbocycles. The summed E-state index contributed by atoms with van der Waals surface area (Å²) in [5.74, 6) is 0.864. The third-order valence-electron chi connectivity index (χ3n) is 3.11. The average Bonchev–Trinajstić information content (AvgIpc) is 2.65. The molecule has 1 aliphatic heterocycles. The van der Waals surface area contributed by atoms with Crippen molar-refractivity contribution in [2.24, 2.45) is 11.1 Å². The molecule has 0 amide bonds. The van der Waals surface area contributed by atoms with Crippen LogP contribution in [0, 0.1) is 5.41 Å². The van der Waals surface area contributed by atoms with E-state index < -0.39 is 0 Å². The van der Waals surface area contributed by atoms with Gasteiger partial charge in [-0.25, -0.2) is 9.67 Å². The van der Waals surface area contributed by atoms with Crippen LogP contribution in [0.5, 0.6) is 0 Å². The van der Waals surface area contributed by atoms with E-state index in [0.29, 0.717) is 6.54 Å². The molecule has 2 N–H and O–H groups in total. The number of ether oxygens (including phenoxy) is 1. The molecule has 1 aromatic rings. The number of rotatable bonds is 3. The average molecular weight is 210 g/mol.